The van der Waals surface area contributed by atoms with Crippen LogP contribution >= 0.6 is 0 Å². The highest BCUT2D eigenvalue weighted by Crippen LogP contribution is 2.13. The molecule has 0 radical (unpaired) electrons. The summed E-state index contributed by atoms with van der Waals surface area (Å²) in [5, 5.41) is 14.3. The number of nitrogens with one attached hydrogen (secondary N) is 2. The summed E-state index contributed by atoms with van der Waals surface area (Å²) in [7, 11) is 0. The van der Waals surface area contributed by atoms with Crippen molar-refractivity contribution in [3.63, 3.8) is 0 Å². The lowest BCUT2D eigenvalue weighted by molar-refractivity contribution is -0.157. The molecule has 1 rings (SSSR count). The van der Waals surface area contributed by atoms with E-state index in [1.807, 2.05) is 19.2 Å². The number of carbonyl (C=O) groups is 3. The van der Waals surface area contributed by atoms with Crippen molar-refractivity contribution in [1.29, 1.82) is 0 Å². The number of carbonyl (C=O) groups excluding carboxylic acids is 3. The summed E-state index contributed by atoms with van der Waals surface area (Å²) in [6.45, 7) is 3.60. The highest BCUT2D eigenvalue weighted by molar-refractivity contribution is 5.95. The molecule has 1 aromatic rings. The Balaban J connectivity index is 2.34. The van der Waals surface area contributed by atoms with Gasteiger partial charge in [0.05, 0.1) is 0 Å². The Kier molecular flexibility index (Phi) is 7.04. The molecule has 0 unspecified atom stereocenters. The third-order valence-electron chi connectivity index (χ3n) is 2.61. The molecule has 0 aliphatic rings. The maximum absolute atomic E-state index is 11.6. The van der Waals surface area contributed by atoms with Gasteiger partial charge in [-0.25, -0.2) is 9.59 Å². The maximum atomic E-state index is 11.6. The average Bonchev–Trinajstić information content (AvgIpc) is 2.50. The lowest BCUT2D eigenvalue weighted by Crippen LogP contribution is -2.42. The Hall–Kier alpha value is -2.41. The number of aliphatic hydroxyl groups excluding tert-OH is 1. The van der Waals surface area contributed by atoms with Crippen molar-refractivity contribution >= 4 is 17.9 Å². The number of aliphatic hydroxyl groups is 1. The van der Waals surface area contributed by atoms with E-state index in [0.717, 1.165) is 0 Å². The molecule has 7 heteroatoms. The van der Waals surface area contributed by atoms with E-state index in [2.05, 4.69) is 10.1 Å². The van der Waals surface area contributed by atoms with Crippen molar-refractivity contribution in [2.45, 2.75) is 20.0 Å². The Morgan fingerprint density at radius 3 is 2.41 bits per heavy atom. The van der Waals surface area contributed by atoms with Crippen molar-refractivity contribution < 1.29 is 24.2 Å². The molecule has 0 spiro atoms. The molecular formula is C15H20N2O5. The topological polar surface area (TPSA) is 105 Å². The molecule has 0 aromatic heterocycles. The second-order valence-corrected chi connectivity index (χ2v) is 5.07. The van der Waals surface area contributed by atoms with Gasteiger partial charge >= 0.3 is 12.0 Å². The first kappa shape index (κ1) is 17.6. The van der Waals surface area contributed by atoms with Crippen LogP contribution in [0, 0.1) is 5.92 Å². The van der Waals surface area contributed by atoms with Crippen molar-refractivity contribution in [3.8, 4) is 0 Å². The van der Waals surface area contributed by atoms with Gasteiger partial charge in [0, 0.05) is 6.54 Å². The Morgan fingerprint density at radius 2 is 1.82 bits per heavy atom. The van der Waals surface area contributed by atoms with Crippen LogP contribution in [0.1, 0.15) is 25.5 Å². The quantitative estimate of drug-likeness (QED) is 0.672. The molecule has 1 aromatic carbocycles. The van der Waals surface area contributed by atoms with Crippen LogP contribution in [0.2, 0.25) is 0 Å². The molecule has 0 heterocycles. The first-order valence-electron chi connectivity index (χ1n) is 6.87. The third kappa shape index (κ3) is 6.36. The fraction of sp³-hybridized carbons (Fsp3) is 0.400. The SMILES string of the molecule is CC(C)CNC(=O)NC(=O)COC(=O)[C@@H](O)c1ccccc1. The average molecular weight is 308 g/mol. The van der Waals surface area contributed by atoms with E-state index >= 15 is 0 Å². The molecule has 7 nitrogen and oxygen atoms in total. The van der Waals surface area contributed by atoms with E-state index in [1.54, 1.807) is 30.3 Å². The second-order valence-electron chi connectivity index (χ2n) is 5.07. The predicted molar refractivity (Wildman–Crippen MR) is 78.7 cm³/mol. The second kappa shape index (κ2) is 8.78. The van der Waals surface area contributed by atoms with Crippen LogP contribution in [0.4, 0.5) is 4.79 Å². The van der Waals surface area contributed by atoms with E-state index in [9.17, 15) is 19.5 Å². The summed E-state index contributed by atoms with van der Waals surface area (Å²) in [6, 6.07) is 7.54. The zero-order valence-corrected chi connectivity index (χ0v) is 12.5. The first-order chi connectivity index (χ1) is 10.4. The molecule has 0 aliphatic carbocycles. The standard InChI is InChI=1S/C15H20N2O5/c1-10(2)8-16-15(21)17-12(18)9-22-14(20)13(19)11-6-4-3-5-7-11/h3-7,10,13,19H,8-9H2,1-2H3,(H2,16,17,18,21)/t13-/m0/s1. The summed E-state index contributed by atoms with van der Waals surface area (Å²) in [5.74, 6) is -1.47. The van der Waals surface area contributed by atoms with Crippen LogP contribution < -0.4 is 10.6 Å². The number of benzene rings is 1. The number of ether oxygens (including phenoxy) is 1. The summed E-state index contributed by atoms with van der Waals surface area (Å²) in [5.41, 5.74) is 0.364. The lowest BCUT2D eigenvalue weighted by Gasteiger charge is -2.11. The van der Waals surface area contributed by atoms with E-state index in [4.69, 9.17) is 0 Å². The van der Waals surface area contributed by atoms with Gasteiger partial charge in [-0.1, -0.05) is 44.2 Å². The molecular weight excluding hydrogens is 288 g/mol. The van der Waals surface area contributed by atoms with E-state index < -0.39 is 30.6 Å². The first-order valence-corrected chi connectivity index (χ1v) is 6.87. The Bertz CT molecular complexity index is 516. The molecule has 0 aliphatic heterocycles. The molecule has 120 valence electrons. The number of urea groups is 1. The molecule has 3 N–H and O–H groups in total. The highest BCUT2D eigenvalue weighted by Gasteiger charge is 2.20. The van der Waals surface area contributed by atoms with Crippen LogP contribution in [0.15, 0.2) is 30.3 Å². The monoisotopic (exact) mass is 308 g/mol. The van der Waals surface area contributed by atoms with E-state index in [0.29, 0.717) is 12.1 Å². The molecule has 0 saturated carbocycles. The number of amides is 3. The summed E-state index contributed by atoms with van der Waals surface area (Å²) in [4.78, 5) is 34.4. The molecule has 1 atom stereocenters. The van der Waals surface area contributed by atoms with E-state index in [1.165, 1.54) is 0 Å². The number of esters is 1. The zero-order chi connectivity index (χ0) is 16.5. The zero-order valence-electron chi connectivity index (χ0n) is 12.5. The van der Waals surface area contributed by atoms with Gasteiger partial charge in [-0.15, -0.1) is 0 Å². The van der Waals surface area contributed by atoms with Gasteiger partial charge in [0.2, 0.25) is 0 Å². The Morgan fingerprint density at radius 1 is 1.18 bits per heavy atom. The van der Waals surface area contributed by atoms with Gasteiger partial charge in [0.25, 0.3) is 5.91 Å². The molecule has 3 amide bonds. The van der Waals surface area contributed by atoms with Crippen molar-refractivity contribution in [2.75, 3.05) is 13.2 Å². The Labute approximate surface area is 128 Å². The normalized spacial score (nSPS) is 11.6. The van der Waals surface area contributed by atoms with Gasteiger partial charge in [0.1, 0.15) is 0 Å². The van der Waals surface area contributed by atoms with Gasteiger partial charge in [-0.3, -0.25) is 10.1 Å². The van der Waals surface area contributed by atoms with Crippen molar-refractivity contribution in [2.24, 2.45) is 5.92 Å². The van der Waals surface area contributed by atoms with Crippen LogP contribution in [0.5, 0.6) is 0 Å². The minimum absolute atomic E-state index is 0.250. The summed E-state index contributed by atoms with van der Waals surface area (Å²) >= 11 is 0. The van der Waals surface area contributed by atoms with Crippen LogP contribution in [0.25, 0.3) is 0 Å². The molecule has 22 heavy (non-hydrogen) atoms. The van der Waals surface area contributed by atoms with Crippen LogP contribution in [-0.4, -0.2) is 36.2 Å². The smallest absolute Gasteiger partial charge is 0.340 e. The largest absolute Gasteiger partial charge is 0.453 e. The fourth-order valence-corrected chi connectivity index (χ4v) is 1.49. The fourth-order valence-electron chi connectivity index (χ4n) is 1.49. The third-order valence-corrected chi connectivity index (χ3v) is 2.61. The van der Waals surface area contributed by atoms with Crippen LogP contribution in [0.3, 0.4) is 0 Å². The van der Waals surface area contributed by atoms with Crippen molar-refractivity contribution in [3.05, 3.63) is 35.9 Å². The summed E-state index contributed by atoms with van der Waals surface area (Å²) < 4.78 is 4.67. The molecule has 0 bridgehead atoms. The number of rotatable bonds is 6. The van der Waals surface area contributed by atoms with Crippen LogP contribution in [-0.2, 0) is 14.3 Å². The van der Waals surface area contributed by atoms with Gasteiger partial charge in [0.15, 0.2) is 12.7 Å². The summed E-state index contributed by atoms with van der Waals surface area (Å²) in [6.07, 6.45) is -1.47. The highest BCUT2D eigenvalue weighted by atomic mass is 16.5. The molecule has 0 saturated heterocycles. The number of imide groups is 1. The van der Waals surface area contributed by atoms with Gasteiger partial charge < -0.3 is 15.2 Å². The predicted octanol–water partition coefficient (Wildman–Crippen LogP) is 0.745. The minimum Gasteiger partial charge on any atom is -0.453 e. The van der Waals surface area contributed by atoms with Gasteiger partial charge in [-0.2, -0.15) is 0 Å². The van der Waals surface area contributed by atoms with Gasteiger partial charge in [-0.05, 0) is 11.5 Å². The number of hydrogen-bond acceptors (Lipinski definition) is 5. The van der Waals surface area contributed by atoms with E-state index in [-0.39, 0.29) is 5.92 Å². The minimum atomic E-state index is -1.47. The number of hydrogen-bond donors (Lipinski definition) is 3. The maximum Gasteiger partial charge on any atom is 0.340 e. The lowest BCUT2D eigenvalue weighted by atomic mass is 10.1. The molecule has 0 fully saturated rings. The van der Waals surface area contributed by atoms with Crippen molar-refractivity contribution in [1.82, 2.24) is 10.6 Å².